The van der Waals surface area contributed by atoms with Crippen LogP contribution in [0.2, 0.25) is 0 Å². The Kier molecular flexibility index (Phi) is 5.49. The number of hydrogen-bond donors (Lipinski definition) is 0. The third kappa shape index (κ3) is 3.55. The summed E-state index contributed by atoms with van der Waals surface area (Å²) in [5, 5.41) is 8.11. The van der Waals surface area contributed by atoms with Gasteiger partial charge in [0.2, 0.25) is 0 Å². The van der Waals surface area contributed by atoms with Crippen LogP contribution in [0.5, 0.6) is 0 Å². The Labute approximate surface area is 119 Å². The molecule has 0 bridgehead atoms. The van der Waals surface area contributed by atoms with E-state index in [1.165, 1.54) is 0 Å². The predicted molar refractivity (Wildman–Crippen MR) is 76.1 cm³/mol. The lowest BCUT2D eigenvalue weighted by atomic mass is 10.2. The minimum atomic E-state index is -0.216. The molecule has 1 heterocycles. The summed E-state index contributed by atoms with van der Waals surface area (Å²) in [4.78, 5) is 5.31. The molecule has 1 aromatic carbocycles. The minimum Gasteiger partial charge on any atom is -0.362 e. The van der Waals surface area contributed by atoms with Crippen molar-refractivity contribution in [3.05, 3.63) is 35.9 Å². The normalized spacial score (nSPS) is 24.4. The summed E-state index contributed by atoms with van der Waals surface area (Å²) in [6.07, 6.45) is 1.40. The second kappa shape index (κ2) is 7.35. The average molecular weight is 279 g/mol. The van der Waals surface area contributed by atoms with Crippen molar-refractivity contribution in [2.45, 2.75) is 12.5 Å². The zero-order valence-electron chi connectivity index (χ0n) is 12.1. The van der Waals surface area contributed by atoms with E-state index in [1.807, 2.05) is 41.6 Å². The molecule has 0 aromatic heterocycles. The van der Waals surface area contributed by atoms with Crippen molar-refractivity contribution in [1.29, 1.82) is 0 Å². The first kappa shape index (κ1) is 14.9. The fourth-order valence-corrected chi connectivity index (χ4v) is 2.16. The highest BCUT2D eigenvalue weighted by Gasteiger charge is 2.34. The molecule has 0 N–H and O–H groups in total. The Morgan fingerprint density at radius 2 is 1.65 bits per heavy atom. The lowest BCUT2D eigenvalue weighted by molar-refractivity contribution is -0.321. The van der Waals surface area contributed by atoms with Crippen molar-refractivity contribution in [2.24, 2.45) is 5.10 Å². The van der Waals surface area contributed by atoms with E-state index in [1.54, 1.807) is 26.4 Å². The monoisotopic (exact) mass is 279 g/mol. The van der Waals surface area contributed by atoms with E-state index >= 15 is 0 Å². The van der Waals surface area contributed by atoms with Gasteiger partial charge in [-0.3, -0.25) is 9.85 Å². The van der Waals surface area contributed by atoms with Gasteiger partial charge in [0.1, 0.15) is 0 Å². The van der Waals surface area contributed by atoms with Crippen molar-refractivity contribution in [3.8, 4) is 0 Å². The van der Waals surface area contributed by atoms with E-state index in [9.17, 15) is 0 Å². The highest BCUT2D eigenvalue weighted by atomic mass is 16.7. The molecule has 20 heavy (non-hydrogen) atoms. The number of nitrogens with zero attached hydrogens (tertiary/aromatic N) is 3. The molecule has 6 nitrogen and oxygen atoms in total. The maximum atomic E-state index is 5.41. The van der Waals surface area contributed by atoms with E-state index in [2.05, 4.69) is 5.10 Å². The molecule has 0 amide bonds. The number of benzene rings is 1. The standard InChI is InChI=1S/C14H21N3O3/c1-18-13-10-16(11-14(19-2)17(13)20-3)15-9-12-7-5-4-6-8-12/h4-9,13-14H,10-11H2,1-3H3. The van der Waals surface area contributed by atoms with Gasteiger partial charge in [0.25, 0.3) is 0 Å². The topological polar surface area (TPSA) is 46.5 Å². The fraction of sp³-hybridized carbons (Fsp3) is 0.500. The second-order valence-corrected chi connectivity index (χ2v) is 4.45. The molecule has 0 saturated carbocycles. The van der Waals surface area contributed by atoms with Crippen LogP contribution in [0.25, 0.3) is 0 Å². The summed E-state index contributed by atoms with van der Waals surface area (Å²) in [7, 11) is 4.91. The number of hydrogen-bond acceptors (Lipinski definition) is 6. The molecular formula is C14H21N3O3. The molecular weight excluding hydrogens is 258 g/mol. The predicted octanol–water partition coefficient (Wildman–Crippen LogP) is 1.14. The smallest absolute Gasteiger partial charge is 0.154 e. The van der Waals surface area contributed by atoms with Crippen LogP contribution in [0.15, 0.2) is 35.4 Å². The SMILES string of the molecule is COC1CN(N=Cc2ccccc2)CC(OC)N1OC. The molecule has 6 heteroatoms. The largest absolute Gasteiger partial charge is 0.362 e. The number of ether oxygens (including phenoxy) is 2. The molecule has 0 radical (unpaired) electrons. The summed E-state index contributed by atoms with van der Waals surface area (Å²) in [6.45, 7) is 1.24. The summed E-state index contributed by atoms with van der Waals surface area (Å²) >= 11 is 0. The van der Waals surface area contributed by atoms with E-state index in [0.717, 1.165) is 5.56 Å². The van der Waals surface area contributed by atoms with E-state index in [0.29, 0.717) is 13.1 Å². The fourth-order valence-electron chi connectivity index (χ4n) is 2.16. The van der Waals surface area contributed by atoms with Gasteiger partial charge < -0.3 is 9.47 Å². The first-order valence-corrected chi connectivity index (χ1v) is 6.50. The maximum absolute atomic E-state index is 5.41. The average Bonchev–Trinajstić information content (AvgIpc) is 2.52. The number of piperazine rings is 1. The molecule has 1 aliphatic rings. The van der Waals surface area contributed by atoms with Crippen LogP contribution in [0, 0.1) is 0 Å². The zero-order valence-corrected chi connectivity index (χ0v) is 12.1. The summed E-state index contributed by atoms with van der Waals surface area (Å²) < 4.78 is 10.8. The van der Waals surface area contributed by atoms with E-state index < -0.39 is 0 Å². The highest BCUT2D eigenvalue weighted by Crippen LogP contribution is 2.17. The van der Waals surface area contributed by atoms with Gasteiger partial charge >= 0.3 is 0 Å². The number of hydroxylamine groups is 2. The van der Waals surface area contributed by atoms with Crippen LogP contribution in [0.1, 0.15) is 5.56 Å². The van der Waals surface area contributed by atoms with E-state index in [-0.39, 0.29) is 12.5 Å². The summed E-state index contributed by atoms with van der Waals surface area (Å²) in [5.41, 5.74) is 1.06. The van der Waals surface area contributed by atoms with Crippen LogP contribution in [0.3, 0.4) is 0 Å². The van der Waals surface area contributed by atoms with Crippen molar-refractivity contribution in [1.82, 2.24) is 10.1 Å². The van der Waals surface area contributed by atoms with Gasteiger partial charge in [-0.1, -0.05) is 30.3 Å². The Bertz CT molecular complexity index is 413. The summed E-state index contributed by atoms with van der Waals surface area (Å²) in [6, 6.07) is 9.98. The van der Waals surface area contributed by atoms with Gasteiger partial charge in [-0.15, -0.1) is 5.06 Å². The first-order valence-electron chi connectivity index (χ1n) is 6.50. The van der Waals surface area contributed by atoms with Crippen molar-refractivity contribution in [2.75, 3.05) is 34.4 Å². The molecule has 2 rings (SSSR count). The Balaban J connectivity index is 2.04. The Morgan fingerprint density at radius 3 is 2.15 bits per heavy atom. The van der Waals surface area contributed by atoms with Crippen LogP contribution < -0.4 is 0 Å². The molecule has 1 aromatic rings. The molecule has 0 aliphatic carbocycles. The van der Waals surface area contributed by atoms with Gasteiger partial charge in [0, 0.05) is 14.2 Å². The molecule has 2 unspecified atom stereocenters. The number of methoxy groups -OCH3 is 2. The molecule has 110 valence electrons. The van der Waals surface area contributed by atoms with Crippen molar-refractivity contribution < 1.29 is 14.3 Å². The molecule has 0 spiro atoms. The molecule has 1 saturated heterocycles. The number of hydrazone groups is 1. The lowest BCUT2D eigenvalue weighted by Crippen LogP contribution is -2.58. The Hall–Kier alpha value is -1.47. The van der Waals surface area contributed by atoms with Gasteiger partial charge in [0.05, 0.1) is 26.4 Å². The third-order valence-corrected chi connectivity index (χ3v) is 3.23. The zero-order chi connectivity index (χ0) is 14.4. The summed E-state index contributed by atoms with van der Waals surface area (Å²) in [5.74, 6) is 0. The Morgan fingerprint density at radius 1 is 1.05 bits per heavy atom. The quantitative estimate of drug-likeness (QED) is 0.757. The van der Waals surface area contributed by atoms with Gasteiger partial charge in [0.15, 0.2) is 12.5 Å². The van der Waals surface area contributed by atoms with Crippen molar-refractivity contribution in [3.63, 3.8) is 0 Å². The van der Waals surface area contributed by atoms with Gasteiger partial charge in [-0.25, -0.2) is 0 Å². The maximum Gasteiger partial charge on any atom is 0.154 e. The molecule has 1 fully saturated rings. The lowest BCUT2D eigenvalue weighted by Gasteiger charge is -2.42. The number of rotatable bonds is 5. The van der Waals surface area contributed by atoms with Gasteiger partial charge in [-0.2, -0.15) is 5.10 Å². The molecule has 1 aliphatic heterocycles. The second-order valence-electron chi connectivity index (χ2n) is 4.45. The molecule has 2 atom stereocenters. The van der Waals surface area contributed by atoms with Crippen LogP contribution in [-0.2, 0) is 14.3 Å². The van der Waals surface area contributed by atoms with Crippen LogP contribution in [-0.4, -0.2) is 63.2 Å². The van der Waals surface area contributed by atoms with Gasteiger partial charge in [-0.05, 0) is 5.56 Å². The van der Waals surface area contributed by atoms with E-state index in [4.69, 9.17) is 14.3 Å². The minimum absolute atomic E-state index is 0.216. The van der Waals surface area contributed by atoms with Crippen molar-refractivity contribution >= 4 is 6.21 Å². The third-order valence-electron chi connectivity index (χ3n) is 3.23. The van der Waals surface area contributed by atoms with Crippen LogP contribution in [0.4, 0.5) is 0 Å². The first-order chi connectivity index (χ1) is 9.78. The highest BCUT2D eigenvalue weighted by molar-refractivity contribution is 5.79. The van der Waals surface area contributed by atoms with Crippen LogP contribution >= 0.6 is 0 Å².